The number of para-hydroxylation sites is 1. The number of unbranched alkanes of at least 4 members (excludes halogenated alkanes) is 1. The summed E-state index contributed by atoms with van der Waals surface area (Å²) in [4.78, 5) is 247. The molecule has 712 valence electrons. The number of carboxylic acid groups (broad SMARTS) is 1. The Kier molecular flexibility index (Phi) is 38.8. The number of nitrogens with two attached hydrogens (primary N) is 2. The fourth-order valence-electron chi connectivity index (χ4n) is 16.4. The number of aromatic nitrogens is 1. The molecular weight excluding hydrogens is 1730 g/mol. The fraction of sp³-hybridized carbons (Fsp3) is 0.484. The Labute approximate surface area is 769 Å². The molecule has 132 heavy (non-hydrogen) atoms. The number of carbonyl (C=O) groups is 16. The first-order chi connectivity index (χ1) is 63.1. The van der Waals surface area contributed by atoms with Crippen molar-refractivity contribution in [3.8, 4) is 11.5 Å². The second-order valence-electron chi connectivity index (χ2n) is 33.8. The van der Waals surface area contributed by atoms with Gasteiger partial charge in [-0.15, -0.1) is 11.8 Å². The molecule has 0 spiro atoms. The summed E-state index contributed by atoms with van der Waals surface area (Å²) in [5, 5.41) is 56.0. The molecule has 15 amide bonds. The highest BCUT2D eigenvalue weighted by molar-refractivity contribution is 8.00. The molecule has 0 radical (unpaired) electrons. The molecule has 0 aliphatic carbocycles. The SMILES string of the molecule is CCCC[C@H]1C(=O)N2CCC[C@@H]2C(=O)N[C@@H](CC(=O)O)C(=O)N[C@@H](C(C)C)C(=O)N(C)[C@@H](CCOC)C(=O)N[C@@H](Cc2ccc(O)cc2)C(=O)N2CCCC[C@@H]2C(=O)N[C@@H](Cc2c[nH]c3ccccc23)C(=O)N[C@@H](Cc2ccc(O)cc2)C(=O)N[C@@H](CCCN)C(=O)N[C@H](C(=O)NCC(N)=O)CSCC(=O)N[C@@H](Cc2ccc(F)cc2)C(=O)N(C)[C@@H](Cc2ccccc2)C(=O)N1C. The summed E-state index contributed by atoms with van der Waals surface area (Å²) in [5.41, 5.74) is 14.4. The van der Waals surface area contributed by atoms with Gasteiger partial charge >= 0.3 is 5.97 Å². The molecule has 37 nitrogen and oxygen atoms in total. The van der Waals surface area contributed by atoms with Crippen molar-refractivity contribution in [3.05, 3.63) is 167 Å². The van der Waals surface area contributed by atoms with Gasteiger partial charge in [-0.1, -0.05) is 119 Å². The van der Waals surface area contributed by atoms with E-state index in [1.54, 1.807) is 74.6 Å². The Morgan fingerprint density at radius 3 is 1.64 bits per heavy atom. The molecule has 0 unspecified atom stereocenters. The number of aromatic amines is 1. The average molecular weight is 1850 g/mol. The van der Waals surface area contributed by atoms with Gasteiger partial charge in [-0.25, -0.2) is 4.39 Å². The van der Waals surface area contributed by atoms with Crippen LogP contribution < -0.4 is 59.3 Å². The first kappa shape index (κ1) is 103. The smallest absolute Gasteiger partial charge is 0.305 e. The van der Waals surface area contributed by atoms with Gasteiger partial charge in [0, 0.05) is 109 Å². The number of rotatable bonds is 25. The Bertz CT molecular complexity index is 5030. The van der Waals surface area contributed by atoms with Gasteiger partial charge in [-0.2, -0.15) is 0 Å². The van der Waals surface area contributed by atoms with Crippen molar-refractivity contribution in [1.82, 2.24) is 77.3 Å². The van der Waals surface area contributed by atoms with Crippen molar-refractivity contribution in [2.75, 3.05) is 72.5 Å². The van der Waals surface area contributed by atoms with Crippen molar-refractivity contribution >= 4 is 117 Å². The number of primary amides is 1. The van der Waals surface area contributed by atoms with E-state index in [2.05, 4.69) is 52.8 Å². The fourth-order valence-corrected chi connectivity index (χ4v) is 17.3. The molecule has 6 aromatic rings. The predicted molar refractivity (Wildman–Crippen MR) is 486 cm³/mol. The van der Waals surface area contributed by atoms with Gasteiger partial charge in [0.15, 0.2) is 0 Å². The lowest BCUT2D eigenvalue weighted by Gasteiger charge is -2.38. The first-order valence-corrected chi connectivity index (χ1v) is 45.5. The van der Waals surface area contributed by atoms with E-state index in [0.29, 0.717) is 64.4 Å². The van der Waals surface area contributed by atoms with Gasteiger partial charge in [-0.05, 0) is 134 Å². The summed E-state index contributed by atoms with van der Waals surface area (Å²) in [7, 11) is 5.31. The van der Waals surface area contributed by atoms with Crippen molar-refractivity contribution < 1.29 is 101 Å². The molecule has 13 atom stereocenters. The quantitative estimate of drug-likeness (QED) is 0.0385. The number of amides is 15. The number of likely N-dealkylation sites (N-methyl/N-ethyl adjacent to an activating group) is 3. The summed E-state index contributed by atoms with van der Waals surface area (Å²) < 4.78 is 20.1. The normalized spacial score (nSPS) is 23.7. The number of carbonyl (C=O) groups excluding carboxylic acids is 15. The number of aliphatic carboxylic acids is 1. The van der Waals surface area contributed by atoms with E-state index >= 15 is 43.2 Å². The van der Waals surface area contributed by atoms with Gasteiger partial charge in [-0.3, -0.25) is 76.7 Å². The van der Waals surface area contributed by atoms with E-state index in [1.165, 1.54) is 104 Å². The maximum Gasteiger partial charge on any atom is 0.305 e. The molecule has 0 bridgehead atoms. The zero-order valence-corrected chi connectivity index (χ0v) is 76.0. The second kappa shape index (κ2) is 49.8. The molecule has 1 aromatic heterocycles. The van der Waals surface area contributed by atoms with Crippen molar-refractivity contribution in [1.29, 1.82) is 0 Å². The molecule has 3 fully saturated rings. The number of phenolic OH excluding ortho intramolecular Hbond substituents is 2. The van der Waals surface area contributed by atoms with Crippen molar-refractivity contribution in [2.24, 2.45) is 17.4 Å². The van der Waals surface area contributed by atoms with E-state index in [4.69, 9.17) is 16.2 Å². The number of nitrogens with one attached hydrogen (secondary N) is 10. The summed E-state index contributed by atoms with van der Waals surface area (Å²) in [5.74, 6) is -17.9. The van der Waals surface area contributed by atoms with Crippen LogP contribution in [0.5, 0.6) is 11.5 Å². The number of hydrogen-bond acceptors (Lipinski definition) is 21. The first-order valence-electron chi connectivity index (χ1n) is 44.3. The maximum absolute atomic E-state index is 15.8. The third kappa shape index (κ3) is 29.0. The number of H-pyrrole nitrogens is 1. The van der Waals surface area contributed by atoms with Crippen LogP contribution in [-0.4, -0.2) is 290 Å². The number of ether oxygens (including phenoxy) is 1. The molecule has 9 rings (SSSR count). The molecule has 3 saturated heterocycles. The minimum atomic E-state index is -1.91. The van der Waals surface area contributed by atoms with E-state index in [1.807, 2.05) is 6.92 Å². The van der Waals surface area contributed by atoms with Gasteiger partial charge in [0.2, 0.25) is 88.6 Å². The number of fused-ring (bicyclic) bond motifs is 3. The Hall–Kier alpha value is -13.0. The number of benzene rings is 5. The number of phenols is 2. The Balaban J connectivity index is 1.13. The number of thioether (sulfide) groups is 1. The van der Waals surface area contributed by atoms with Crippen molar-refractivity contribution in [3.63, 3.8) is 0 Å². The summed E-state index contributed by atoms with van der Waals surface area (Å²) >= 11 is 0.776. The molecule has 5 aromatic carbocycles. The maximum atomic E-state index is 15.8. The van der Waals surface area contributed by atoms with E-state index < -0.39 is 209 Å². The van der Waals surface area contributed by atoms with Gasteiger partial charge in [0.1, 0.15) is 95.9 Å². The van der Waals surface area contributed by atoms with Crippen LogP contribution in [0.25, 0.3) is 10.9 Å². The number of piperidine rings is 1. The van der Waals surface area contributed by atoms with Gasteiger partial charge in [0.05, 0.1) is 18.7 Å². The number of carboxylic acids is 1. The molecular formula is C93H122FN17O20S. The van der Waals surface area contributed by atoms with E-state index in [9.17, 15) is 53.3 Å². The van der Waals surface area contributed by atoms with Crippen LogP contribution in [0.1, 0.15) is 126 Å². The largest absolute Gasteiger partial charge is 0.508 e. The highest BCUT2D eigenvalue weighted by Crippen LogP contribution is 2.28. The minimum Gasteiger partial charge on any atom is -0.508 e. The zero-order valence-electron chi connectivity index (χ0n) is 75.2. The topological polar surface area (TPSA) is 535 Å². The lowest BCUT2D eigenvalue weighted by Crippen LogP contribution is -2.63. The monoisotopic (exact) mass is 1850 g/mol. The van der Waals surface area contributed by atoms with Crippen LogP contribution in [0.4, 0.5) is 4.39 Å². The summed E-state index contributed by atoms with van der Waals surface area (Å²) in [6, 6.07) is 12.1. The molecule has 3 aliphatic rings. The number of nitrogens with zero attached hydrogens (tertiary/aromatic N) is 5. The van der Waals surface area contributed by atoms with Crippen molar-refractivity contribution in [2.45, 2.75) is 208 Å². The molecule has 0 saturated carbocycles. The number of methoxy groups -OCH3 is 1. The highest BCUT2D eigenvalue weighted by Gasteiger charge is 2.46. The standard InChI is InChI=1S/C93H122FN17O20S/c1-8-9-24-75-92(129)111-42-18-26-74(111)88(125)103-68(49-79(116)117)85(122)106-80(54(2)3)93(130)107(4)72(39-43-131-7)86(123)104-70(46-58-31-37-62(113)38-32-58)90(127)110-41-16-15-25-73(110)87(124)102-67(48-59-50-97-64-22-14-13-21-63(59)64)84(121)101-66(44-57-29-35-61(112)36-30-57)83(120)100-65(23-17-40-95)82(119)105-71(81(118)98-51-77(96)114)52-132-53-78(115)99-69(45-56-27-33-60(94)34-28-56)89(126)109(6)76(91(128)108(75)5)47-55-19-11-10-12-20-55/h10-14,19-22,27-38,50,54,65-76,80,97,112-113H,8-9,15-18,23-26,39-49,51-53,95H2,1-7H3,(H2,96,114)(H,98,118)(H,99,115)(H,100,120)(H,101,121)(H,102,124)(H,103,125)(H,104,123)(H,105,119)(H,106,122)(H,116,117)/t65-,66-,67-,68-,69-,70-,71-,72-,73+,74+,75-,76-,80-/m0/s1. The van der Waals surface area contributed by atoms with Crippen LogP contribution in [-0.2, 0) is 114 Å². The van der Waals surface area contributed by atoms with Crippen LogP contribution in [0.15, 0.2) is 134 Å². The predicted octanol–water partition coefficient (Wildman–Crippen LogP) is 1.41. The minimum absolute atomic E-state index is 0.00237. The number of aromatic hydroxyl groups is 2. The van der Waals surface area contributed by atoms with Gasteiger partial charge < -0.3 is 109 Å². The van der Waals surface area contributed by atoms with Gasteiger partial charge in [0.25, 0.3) is 0 Å². The Morgan fingerprint density at radius 2 is 1.04 bits per heavy atom. The zero-order chi connectivity index (χ0) is 96.0. The summed E-state index contributed by atoms with van der Waals surface area (Å²) in [6.07, 6.45) is 0.776. The number of halogens is 1. The molecule has 3 aliphatic heterocycles. The lowest BCUT2D eigenvalue weighted by molar-refractivity contribution is -0.152. The highest BCUT2D eigenvalue weighted by atomic mass is 32.2. The van der Waals surface area contributed by atoms with Crippen LogP contribution in [0.2, 0.25) is 0 Å². The third-order valence-electron chi connectivity index (χ3n) is 23.8. The second-order valence-corrected chi connectivity index (χ2v) is 34.9. The van der Waals surface area contributed by atoms with Crippen LogP contribution >= 0.6 is 11.8 Å². The Morgan fingerprint density at radius 1 is 0.523 bits per heavy atom. The van der Waals surface area contributed by atoms with E-state index in [0.717, 1.165) is 33.7 Å². The average Bonchev–Trinajstić information content (AvgIpc) is 1.57. The molecule has 17 N–H and O–H groups in total. The van der Waals surface area contributed by atoms with E-state index in [-0.39, 0.29) is 115 Å². The lowest BCUT2D eigenvalue weighted by atomic mass is 9.96. The van der Waals surface area contributed by atoms with Crippen LogP contribution in [0.3, 0.4) is 0 Å². The molecule has 39 heteroatoms. The summed E-state index contributed by atoms with van der Waals surface area (Å²) in [6.45, 7) is 3.94. The van der Waals surface area contributed by atoms with Crippen LogP contribution in [0, 0.1) is 11.7 Å². The molecule has 4 heterocycles. The third-order valence-corrected chi connectivity index (χ3v) is 24.9. The number of hydrogen-bond donors (Lipinski definition) is 15.